The Balaban J connectivity index is 1.63. The number of halogens is 2. The zero-order chi connectivity index (χ0) is 17.3. The predicted octanol–water partition coefficient (Wildman–Crippen LogP) is 2.61. The van der Waals surface area contributed by atoms with E-state index >= 15 is 0 Å². The third kappa shape index (κ3) is 2.93. The third-order valence-electron chi connectivity index (χ3n) is 3.20. The van der Waals surface area contributed by atoms with E-state index in [0.717, 1.165) is 6.07 Å². The van der Waals surface area contributed by atoms with Crippen molar-refractivity contribution < 1.29 is 28.3 Å². The Morgan fingerprint density at radius 1 is 1.08 bits per heavy atom. The summed E-state index contributed by atoms with van der Waals surface area (Å²) in [5.41, 5.74) is 0.308. The van der Waals surface area contributed by atoms with Crippen LogP contribution in [0.4, 0.5) is 4.39 Å². The molecule has 0 saturated carbocycles. The largest absolute Gasteiger partial charge is 0.482 e. The van der Waals surface area contributed by atoms with Gasteiger partial charge in [-0.3, -0.25) is 9.59 Å². The smallest absolute Gasteiger partial charge is 0.370 e. The maximum Gasteiger partial charge on any atom is 0.370 e. The van der Waals surface area contributed by atoms with Crippen LogP contribution in [0.2, 0.25) is 5.02 Å². The number of carbonyl (C=O) groups excluding carboxylic acids is 3. The fourth-order valence-corrected chi connectivity index (χ4v) is 2.26. The number of ether oxygens (including phenoxy) is 1. The number of benzene rings is 2. The fourth-order valence-electron chi connectivity index (χ4n) is 2.09. The lowest BCUT2D eigenvalue weighted by atomic mass is 10.1. The highest BCUT2D eigenvalue weighted by molar-refractivity contribution is 6.30. The molecule has 2 amide bonds. The second-order valence-electron chi connectivity index (χ2n) is 4.78. The van der Waals surface area contributed by atoms with Gasteiger partial charge in [0.25, 0.3) is 11.8 Å². The Hall–Kier alpha value is -2.93. The summed E-state index contributed by atoms with van der Waals surface area (Å²) in [6, 6.07) is 9.64. The first-order chi connectivity index (χ1) is 11.5. The molecule has 2 aromatic carbocycles. The van der Waals surface area contributed by atoms with Gasteiger partial charge in [0, 0.05) is 6.07 Å². The molecule has 24 heavy (non-hydrogen) atoms. The molecule has 0 radical (unpaired) electrons. The SMILES string of the molecule is O=C(COc1ccc(F)c(Cl)c1)ON1C(=O)c2ccccc2C1=O. The van der Waals surface area contributed by atoms with Crippen molar-refractivity contribution in [2.45, 2.75) is 0 Å². The van der Waals surface area contributed by atoms with Crippen LogP contribution in [0.25, 0.3) is 0 Å². The van der Waals surface area contributed by atoms with Crippen molar-refractivity contribution in [3.8, 4) is 5.75 Å². The zero-order valence-corrected chi connectivity index (χ0v) is 12.7. The fraction of sp³-hybridized carbons (Fsp3) is 0.0625. The summed E-state index contributed by atoms with van der Waals surface area (Å²) in [6.07, 6.45) is 0. The van der Waals surface area contributed by atoms with Gasteiger partial charge < -0.3 is 9.57 Å². The normalized spacial score (nSPS) is 13.0. The Bertz CT molecular complexity index is 819. The van der Waals surface area contributed by atoms with Crippen molar-refractivity contribution in [2.24, 2.45) is 0 Å². The van der Waals surface area contributed by atoms with Crippen LogP contribution in [0.15, 0.2) is 42.5 Å². The zero-order valence-electron chi connectivity index (χ0n) is 12.0. The van der Waals surface area contributed by atoms with Gasteiger partial charge in [0.15, 0.2) is 6.61 Å². The molecule has 1 aliphatic rings. The minimum absolute atomic E-state index is 0.140. The quantitative estimate of drug-likeness (QED) is 0.793. The molecule has 1 aliphatic heterocycles. The highest BCUT2D eigenvalue weighted by Gasteiger charge is 2.38. The van der Waals surface area contributed by atoms with Crippen LogP contribution in [0.5, 0.6) is 5.75 Å². The Kier molecular flexibility index (Phi) is 4.18. The van der Waals surface area contributed by atoms with Gasteiger partial charge in [-0.1, -0.05) is 28.8 Å². The third-order valence-corrected chi connectivity index (χ3v) is 3.49. The Morgan fingerprint density at radius 2 is 1.71 bits per heavy atom. The van der Waals surface area contributed by atoms with Gasteiger partial charge in [0.05, 0.1) is 16.1 Å². The lowest BCUT2D eigenvalue weighted by Crippen LogP contribution is -2.34. The van der Waals surface area contributed by atoms with E-state index in [-0.39, 0.29) is 21.9 Å². The van der Waals surface area contributed by atoms with E-state index in [1.165, 1.54) is 24.3 Å². The van der Waals surface area contributed by atoms with E-state index in [2.05, 4.69) is 0 Å². The standard InChI is InChI=1S/C16H9ClFNO5/c17-12-7-9(5-6-13(12)18)23-8-14(20)24-19-15(21)10-3-1-2-4-11(10)16(19)22/h1-7H,8H2. The monoisotopic (exact) mass is 349 g/mol. The number of hydrogen-bond acceptors (Lipinski definition) is 5. The van der Waals surface area contributed by atoms with Crippen LogP contribution >= 0.6 is 11.6 Å². The second-order valence-corrected chi connectivity index (χ2v) is 5.19. The summed E-state index contributed by atoms with van der Waals surface area (Å²) >= 11 is 5.59. The molecule has 3 rings (SSSR count). The summed E-state index contributed by atoms with van der Waals surface area (Å²) < 4.78 is 18.1. The number of carbonyl (C=O) groups is 3. The number of rotatable bonds is 4. The summed E-state index contributed by atoms with van der Waals surface area (Å²) in [7, 11) is 0. The van der Waals surface area contributed by atoms with Crippen LogP contribution < -0.4 is 4.74 Å². The molecule has 6 nitrogen and oxygen atoms in total. The number of amides is 2. The Labute approximate surface area is 140 Å². The van der Waals surface area contributed by atoms with E-state index in [4.69, 9.17) is 21.2 Å². The van der Waals surface area contributed by atoms with Crippen molar-refractivity contribution in [3.05, 3.63) is 64.4 Å². The van der Waals surface area contributed by atoms with Crippen molar-refractivity contribution in [1.29, 1.82) is 0 Å². The second kappa shape index (κ2) is 6.29. The first-order valence-electron chi connectivity index (χ1n) is 6.74. The molecule has 0 N–H and O–H groups in total. The number of hydrogen-bond donors (Lipinski definition) is 0. The maximum absolute atomic E-state index is 13.0. The van der Waals surface area contributed by atoms with Gasteiger partial charge in [-0.2, -0.15) is 0 Å². The molecule has 2 aromatic rings. The average molecular weight is 350 g/mol. The van der Waals surface area contributed by atoms with Crippen LogP contribution in [-0.2, 0) is 9.63 Å². The van der Waals surface area contributed by atoms with Crippen LogP contribution in [-0.4, -0.2) is 29.5 Å². The van der Waals surface area contributed by atoms with Gasteiger partial charge in [-0.05, 0) is 24.3 Å². The first kappa shape index (κ1) is 15.9. The highest BCUT2D eigenvalue weighted by atomic mass is 35.5. The predicted molar refractivity (Wildman–Crippen MR) is 79.9 cm³/mol. The molecule has 0 saturated heterocycles. The van der Waals surface area contributed by atoms with E-state index in [1.807, 2.05) is 0 Å². The van der Waals surface area contributed by atoms with E-state index < -0.39 is 30.2 Å². The van der Waals surface area contributed by atoms with E-state index in [1.54, 1.807) is 12.1 Å². The number of imide groups is 1. The van der Waals surface area contributed by atoms with Crippen molar-refractivity contribution in [1.82, 2.24) is 5.06 Å². The Morgan fingerprint density at radius 3 is 2.29 bits per heavy atom. The minimum atomic E-state index is -0.968. The molecule has 0 unspecified atom stereocenters. The summed E-state index contributed by atoms with van der Waals surface area (Å²) in [5, 5.41) is 0.217. The van der Waals surface area contributed by atoms with Gasteiger partial charge in [-0.15, -0.1) is 0 Å². The molecular weight excluding hydrogens is 341 g/mol. The summed E-state index contributed by atoms with van der Waals surface area (Å²) in [5.74, 6) is -2.91. The number of hydroxylamine groups is 2. The minimum Gasteiger partial charge on any atom is -0.482 e. The van der Waals surface area contributed by atoms with E-state index in [9.17, 15) is 18.8 Å². The number of nitrogens with zero attached hydrogens (tertiary/aromatic N) is 1. The number of fused-ring (bicyclic) bond motifs is 1. The highest BCUT2D eigenvalue weighted by Crippen LogP contribution is 2.23. The summed E-state index contributed by atoms with van der Waals surface area (Å²) in [4.78, 5) is 40.6. The van der Waals surface area contributed by atoms with Crippen molar-refractivity contribution in [3.63, 3.8) is 0 Å². The summed E-state index contributed by atoms with van der Waals surface area (Å²) in [6.45, 7) is -0.588. The molecule has 122 valence electrons. The lowest BCUT2D eigenvalue weighted by molar-refractivity contribution is -0.170. The van der Waals surface area contributed by atoms with Crippen LogP contribution in [0.3, 0.4) is 0 Å². The molecule has 0 atom stereocenters. The van der Waals surface area contributed by atoms with E-state index in [0.29, 0.717) is 5.06 Å². The van der Waals surface area contributed by atoms with Gasteiger partial charge in [0.2, 0.25) is 0 Å². The molecule has 0 bridgehead atoms. The molecule has 0 fully saturated rings. The molecule has 8 heteroatoms. The van der Waals surface area contributed by atoms with Gasteiger partial charge >= 0.3 is 5.97 Å². The topological polar surface area (TPSA) is 72.9 Å². The average Bonchev–Trinajstić information content (AvgIpc) is 2.81. The molecule has 0 aliphatic carbocycles. The molecular formula is C16H9ClFNO5. The van der Waals surface area contributed by atoms with Crippen LogP contribution in [0.1, 0.15) is 20.7 Å². The molecule has 0 spiro atoms. The maximum atomic E-state index is 13.0. The molecule has 1 heterocycles. The first-order valence-corrected chi connectivity index (χ1v) is 7.11. The van der Waals surface area contributed by atoms with Crippen LogP contribution in [0, 0.1) is 5.82 Å². The van der Waals surface area contributed by atoms with Gasteiger partial charge in [-0.25, -0.2) is 9.18 Å². The van der Waals surface area contributed by atoms with Gasteiger partial charge in [0.1, 0.15) is 11.6 Å². The van der Waals surface area contributed by atoms with Crippen molar-refractivity contribution in [2.75, 3.05) is 6.61 Å². The van der Waals surface area contributed by atoms with Crippen molar-refractivity contribution >= 4 is 29.4 Å². The molecule has 0 aromatic heterocycles. The lowest BCUT2D eigenvalue weighted by Gasteiger charge is -2.13.